The van der Waals surface area contributed by atoms with Crippen LogP contribution in [0.15, 0.2) is 36.5 Å². The average Bonchev–Trinajstić information content (AvgIpc) is 2.41. The third-order valence-electron chi connectivity index (χ3n) is 2.37. The lowest BCUT2D eigenvalue weighted by atomic mass is 10.2. The van der Waals surface area contributed by atoms with Crippen LogP contribution in [-0.4, -0.2) is 15.8 Å². The SMILES string of the molecule is O=C(Nc1ccc(F)cn1)c1ccc(Cl)c([N+](=O)[O-])c1. The second-order valence-corrected chi connectivity index (χ2v) is 4.15. The summed E-state index contributed by atoms with van der Waals surface area (Å²) >= 11 is 5.65. The van der Waals surface area contributed by atoms with Crippen molar-refractivity contribution in [2.45, 2.75) is 0 Å². The Bertz CT molecular complexity index is 676. The van der Waals surface area contributed by atoms with Crippen LogP contribution in [0.25, 0.3) is 0 Å². The van der Waals surface area contributed by atoms with Gasteiger partial charge in [-0.3, -0.25) is 14.9 Å². The van der Waals surface area contributed by atoms with Crippen LogP contribution >= 0.6 is 11.6 Å². The van der Waals surface area contributed by atoms with Crippen LogP contribution in [0.1, 0.15) is 10.4 Å². The lowest BCUT2D eigenvalue weighted by Crippen LogP contribution is -2.13. The number of nitrogens with one attached hydrogen (secondary N) is 1. The molecule has 20 heavy (non-hydrogen) atoms. The van der Waals surface area contributed by atoms with Gasteiger partial charge in [0.25, 0.3) is 11.6 Å². The molecular formula is C12H7ClFN3O3. The zero-order valence-corrected chi connectivity index (χ0v) is 10.6. The number of halogens is 2. The number of anilines is 1. The van der Waals surface area contributed by atoms with E-state index >= 15 is 0 Å². The van der Waals surface area contributed by atoms with Crippen molar-refractivity contribution >= 4 is 29.0 Å². The maximum Gasteiger partial charge on any atom is 0.288 e. The Kier molecular flexibility index (Phi) is 3.90. The highest BCUT2D eigenvalue weighted by atomic mass is 35.5. The molecular weight excluding hydrogens is 289 g/mol. The predicted octanol–water partition coefficient (Wildman–Crippen LogP) is 3.03. The number of benzene rings is 1. The first kappa shape index (κ1) is 13.9. The highest BCUT2D eigenvalue weighted by molar-refractivity contribution is 6.32. The first-order chi connectivity index (χ1) is 9.47. The van der Waals surface area contributed by atoms with Crippen LogP contribution in [-0.2, 0) is 0 Å². The minimum absolute atomic E-state index is 0.0484. The summed E-state index contributed by atoms with van der Waals surface area (Å²) < 4.78 is 12.7. The third-order valence-corrected chi connectivity index (χ3v) is 2.69. The minimum Gasteiger partial charge on any atom is -0.307 e. The molecule has 102 valence electrons. The van der Waals surface area contributed by atoms with Crippen LogP contribution in [0.4, 0.5) is 15.9 Å². The molecule has 1 N–H and O–H groups in total. The van der Waals surface area contributed by atoms with Gasteiger partial charge in [0.15, 0.2) is 0 Å². The first-order valence-electron chi connectivity index (χ1n) is 5.34. The molecule has 0 bridgehead atoms. The molecule has 0 atom stereocenters. The van der Waals surface area contributed by atoms with Crippen LogP contribution in [0.3, 0.4) is 0 Å². The Labute approximate surface area is 117 Å². The number of hydrogen-bond donors (Lipinski definition) is 1. The molecule has 0 radical (unpaired) electrons. The Hall–Kier alpha value is -2.54. The van der Waals surface area contributed by atoms with Crippen molar-refractivity contribution < 1.29 is 14.1 Å². The highest BCUT2D eigenvalue weighted by Crippen LogP contribution is 2.25. The molecule has 0 saturated carbocycles. The van der Waals surface area contributed by atoms with E-state index in [2.05, 4.69) is 10.3 Å². The molecule has 0 spiro atoms. The Morgan fingerprint density at radius 3 is 2.70 bits per heavy atom. The van der Waals surface area contributed by atoms with E-state index in [1.165, 1.54) is 18.2 Å². The van der Waals surface area contributed by atoms with Crippen LogP contribution in [0.2, 0.25) is 5.02 Å². The molecule has 6 nitrogen and oxygen atoms in total. The summed E-state index contributed by atoms with van der Waals surface area (Å²) in [5.74, 6) is -1.01. The second-order valence-electron chi connectivity index (χ2n) is 3.74. The lowest BCUT2D eigenvalue weighted by Gasteiger charge is -2.04. The van der Waals surface area contributed by atoms with Crippen molar-refractivity contribution in [1.29, 1.82) is 0 Å². The van der Waals surface area contributed by atoms with E-state index in [-0.39, 0.29) is 22.1 Å². The number of pyridine rings is 1. The Balaban J connectivity index is 2.23. The van der Waals surface area contributed by atoms with Crippen molar-refractivity contribution in [2.75, 3.05) is 5.32 Å². The summed E-state index contributed by atoms with van der Waals surface area (Å²) in [6.07, 6.45) is 0.944. The maximum atomic E-state index is 12.7. The van der Waals surface area contributed by atoms with Gasteiger partial charge in [-0.1, -0.05) is 11.6 Å². The standard InChI is InChI=1S/C12H7ClFN3O3/c13-9-3-1-7(5-10(9)17(19)20)12(18)16-11-4-2-8(14)6-15-11/h1-6H,(H,15,16,18). The van der Waals surface area contributed by atoms with E-state index in [0.717, 1.165) is 18.3 Å². The summed E-state index contributed by atoms with van der Waals surface area (Å²) in [7, 11) is 0. The van der Waals surface area contributed by atoms with E-state index in [1.54, 1.807) is 0 Å². The van der Waals surface area contributed by atoms with E-state index in [0.29, 0.717) is 0 Å². The molecule has 1 aromatic heterocycles. The molecule has 1 aromatic carbocycles. The van der Waals surface area contributed by atoms with Crippen molar-refractivity contribution in [3.63, 3.8) is 0 Å². The Morgan fingerprint density at radius 1 is 1.35 bits per heavy atom. The molecule has 1 amide bonds. The fourth-order valence-electron chi connectivity index (χ4n) is 1.43. The molecule has 2 aromatic rings. The van der Waals surface area contributed by atoms with Gasteiger partial charge in [-0.2, -0.15) is 0 Å². The zero-order chi connectivity index (χ0) is 14.7. The molecule has 1 heterocycles. The number of rotatable bonds is 3. The average molecular weight is 296 g/mol. The summed E-state index contributed by atoms with van der Waals surface area (Å²) in [5, 5.41) is 13.1. The van der Waals surface area contributed by atoms with Gasteiger partial charge in [0.05, 0.1) is 11.1 Å². The smallest absolute Gasteiger partial charge is 0.288 e. The molecule has 8 heteroatoms. The predicted molar refractivity (Wildman–Crippen MR) is 70.3 cm³/mol. The molecule has 0 fully saturated rings. The number of nitrogens with zero attached hydrogens (tertiary/aromatic N) is 2. The van der Waals surface area contributed by atoms with E-state index < -0.39 is 16.6 Å². The van der Waals surface area contributed by atoms with Gasteiger partial charge < -0.3 is 5.32 Å². The van der Waals surface area contributed by atoms with Gasteiger partial charge in [-0.15, -0.1) is 0 Å². The van der Waals surface area contributed by atoms with E-state index in [4.69, 9.17) is 11.6 Å². The summed E-state index contributed by atoms with van der Waals surface area (Å²) in [6.45, 7) is 0. The van der Waals surface area contributed by atoms with Crippen molar-refractivity contribution in [1.82, 2.24) is 4.98 Å². The number of aromatic nitrogens is 1. The number of carbonyl (C=O) groups is 1. The van der Waals surface area contributed by atoms with Crippen molar-refractivity contribution in [3.05, 3.63) is 63.0 Å². The van der Waals surface area contributed by atoms with Crippen LogP contribution < -0.4 is 5.32 Å². The van der Waals surface area contributed by atoms with Crippen LogP contribution in [0.5, 0.6) is 0 Å². The number of hydrogen-bond acceptors (Lipinski definition) is 4. The topological polar surface area (TPSA) is 85.1 Å². The van der Waals surface area contributed by atoms with Gasteiger partial charge in [-0.25, -0.2) is 9.37 Å². The zero-order valence-electron chi connectivity index (χ0n) is 9.84. The van der Waals surface area contributed by atoms with E-state index in [9.17, 15) is 19.3 Å². The molecule has 0 aliphatic rings. The summed E-state index contributed by atoms with van der Waals surface area (Å²) in [4.78, 5) is 25.6. The molecule has 0 unspecified atom stereocenters. The summed E-state index contributed by atoms with van der Waals surface area (Å²) in [6, 6.07) is 6.06. The van der Waals surface area contributed by atoms with Crippen molar-refractivity contribution in [2.24, 2.45) is 0 Å². The lowest BCUT2D eigenvalue weighted by molar-refractivity contribution is -0.384. The quantitative estimate of drug-likeness (QED) is 0.696. The molecule has 0 aliphatic heterocycles. The number of amides is 1. The third kappa shape index (κ3) is 3.07. The second kappa shape index (κ2) is 5.62. The fourth-order valence-corrected chi connectivity index (χ4v) is 1.62. The largest absolute Gasteiger partial charge is 0.307 e. The van der Waals surface area contributed by atoms with Gasteiger partial charge in [0, 0.05) is 11.6 Å². The van der Waals surface area contributed by atoms with Gasteiger partial charge >= 0.3 is 0 Å². The Morgan fingerprint density at radius 2 is 2.10 bits per heavy atom. The normalized spacial score (nSPS) is 10.1. The van der Waals surface area contributed by atoms with Crippen LogP contribution in [0, 0.1) is 15.9 Å². The monoisotopic (exact) mass is 295 g/mol. The van der Waals surface area contributed by atoms with Gasteiger partial charge in [0.2, 0.25) is 0 Å². The van der Waals surface area contributed by atoms with E-state index in [1.807, 2.05) is 0 Å². The molecule has 0 aliphatic carbocycles. The van der Waals surface area contributed by atoms with Crippen molar-refractivity contribution in [3.8, 4) is 0 Å². The number of nitro groups is 1. The number of carbonyl (C=O) groups excluding carboxylic acids is 1. The number of nitro benzene ring substituents is 1. The first-order valence-corrected chi connectivity index (χ1v) is 5.72. The van der Waals surface area contributed by atoms with Gasteiger partial charge in [-0.05, 0) is 24.3 Å². The maximum absolute atomic E-state index is 12.7. The highest BCUT2D eigenvalue weighted by Gasteiger charge is 2.16. The molecule has 2 rings (SSSR count). The van der Waals surface area contributed by atoms with Gasteiger partial charge in [0.1, 0.15) is 16.7 Å². The minimum atomic E-state index is -0.685. The summed E-state index contributed by atoms with van der Waals surface area (Å²) in [5.41, 5.74) is -0.321. The fraction of sp³-hybridized carbons (Fsp3) is 0. The molecule has 0 saturated heterocycles.